The minimum Gasteiger partial charge on any atom is -0.469 e. The molecule has 3 aromatic carbocycles. The molecule has 44 heavy (non-hydrogen) atoms. The van der Waals surface area contributed by atoms with Crippen LogP contribution in [0.5, 0.6) is 0 Å². The van der Waals surface area contributed by atoms with Crippen molar-refractivity contribution in [3.8, 4) is 22.3 Å². The van der Waals surface area contributed by atoms with E-state index in [1.807, 2.05) is 48.7 Å². The lowest BCUT2D eigenvalue weighted by Crippen LogP contribution is -2.27. The van der Waals surface area contributed by atoms with Gasteiger partial charge in [0.05, 0.1) is 25.7 Å². The van der Waals surface area contributed by atoms with Gasteiger partial charge in [-0.1, -0.05) is 60.7 Å². The number of benzene rings is 3. The van der Waals surface area contributed by atoms with E-state index in [1.54, 1.807) is 30.3 Å². The summed E-state index contributed by atoms with van der Waals surface area (Å²) in [5, 5.41) is 24.0. The Morgan fingerprint density at radius 1 is 0.886 bits per heavy atom. The predicted molar refractivity (Wildman–Crippen MR) is 166 cm³/mol. The number of carbonyl (C=O) groups is 2. The van der Waals surface area contributed by atoms with E-state index in [2.05, 4.69) is 10.1 Å². The largest absolute Gasteiger partial charge is 0.469 e. The van der Waals surface area contributed by atoms with Gasteiger partial charge in [0.25, 0.3) is 5.91 Å². The van der Waals surface area contributed by atoms with Crippen molar-refractivity contribution in [2.45, 2.75) is 51.5 Å². The van der Waals surface area contributed by atoms with E-state index < -0.39 is 24.0 Å². The molecule has 1 heterocycles. The molecule has 230 valence electrons. The summed E-state index contributed by atoms with van der Waals surface area (Å²) in [4.78, 5) is 25.6. The van der Waals surface area contributed by atoms with Crippen molar-refractivity contribution in [1.82, 2.24) is 9.88 Å². The molecule has 0 unspecified atom stereocenters. The van der Waals surface area contributed by atoms with Gasteiger partial charge in [-0.25, -0.2) is 8.78 Å². The zero-order valence-corrected chi connectivity index (χ0v) is 24.8. The third-order valence-corrected chi connectivity index (χ3v) is 7.16. The standard InChI is InChI=1S/C35H36F2N2O5/c1-22(2)39-30(18-17-28(40)19-29(41)20-31(42)44-3)32(25-11-15-27(37)16-12-25)33(24-7-5-4-6-8-24)34(39)35(43)38-21-23-9-13-26(36)14-10-23/h4-18,22,28-29,40-41H,19-21H2,1-3H3,(H,38,43)/t28-,29+/m0/s1. The third kappa shape index (κ3) is 7.86. The molecule has 0 aliphatic carbocycles. The van der Waals surface area contributed by atoms with E-state index in [0.29, 0.717) is 28.1 Å². The van der Waals surface area contributed by atoms with E-state index in [4.69, 9.17) is 0 Å². The zero-order valence-electron chi connectivity index (χ0n) is 24.8. The first-order valence-corrected chi connectivity index (χ1v) is 14.3. The van der Waals surface area contributed by atoms with Crippen LogP contribution in [0.3, 0.4) is 0 Å². The van der Waals surface area contributed by atoms with Crippen LogP contribution < -0.4 is 5.32 Å². The number of hydrogen-bond acceptors (Lipinski definition) is 5. The van der Waals surface area contributed by atoms with Gasteiger partial charge in [0.2, 0.25) is 0 Å². The Morgan fingerprint density at radius 2 is 1.48 bits per heavy atom. The molecule has 0 spiro atoms. The lowest BCUT2D eigenvalue weighted by molar-refractivity contribution is -0.143. The van der Waals surface area contributed by atoms with Crippen LogP contribution in [-0.2, 0) is 16.1 Å². The number of nitrogens with one attached hydrogen (secondary N) is 1. The maximum atomic E-state index is 14.1. The van der Waals surface area contributed by atoms with Gasteiger partial charge in [-0.2, -0.15) is 0 Å². The lowest BCUT2D eigenvalue weighted by Gasteiger charge is -2.17. The number of carbonyl (C=O) groups excluding carboxylic acids is 2. The normalized spacial score (nSPS) is 12.8. The number of halogens is 2. The van der Waals surface area contributed by atoms with Gasteiger partial charge in [0.1, 0.15) is 17.3 Å². The first-order valence-electron chi connectivity index (χ1n) is 14.3. The van der Waals surface area contributed by atoms with Gasteiger partial charge in [-0.05, 0) is 60.9 Å². The van der Waals surface area contributed by atoms with Crippen molar-refractivity contribution in [3.63, 3.8) is 0 Å². The molecule has 1 aromatic heterocycles. The van der Waals surface area contributed by atoms with Crippen molar-refractivity contribution in [2.24, 2.45) is 0 Å². The number of esters is 1. The van der Waals surface area contributed by atoms with Crippen LogP contribution in [-0.4, -0.2) is 46.0 Å². The van der Waals surface area contributed by atoms with E-state index in [0.717, 1.165) is 11.1 Å². The Morgan fingerprint density at radius 3 is 2.07 bits per heavy atom. The Bertz CT molecular complexity index is 1600. The summed E-state index contributed by atoms with van der Waals surface area (Å²) in [5.74, 6) is -1.76. The lowest BCUT2D eigenvalue weighted by atomic mass is 9.94. The highest BCUT2D eigenvalue weighted by molar-refractivity contribution is 6.06. The third-order valence-electron chi connectivity index (χ3n) is 7.16. The summed E-state index contributed by atoms with van der Waals surface area (Å²) in [6, 6.07) is 20.9. The monoisotopic (exact) mass is 602 g/mol. The second-order valence-electron chi connectivity index (χ2n) is 10.7. The molecule has 2 atom stereocenters. The Labute approximate surface area is 255 Å². The molecule has 0 aliphatic heterocycles. The molecule has 0 saturated carbocycles. The van der Waals surface area contributed by atoms with Crippen LogP contribution in [0, 0.1) is 11.6 Å². The van der Waals surface area contributed by atoms with Gasteiger partial charge in [0.15, 0.2) is 0 Å². The van der Waals surface area contributed by atoms with Crippen molar-refractivity contribution in [3.05, 3.63) is 114 Å². The molecule has 0 bridgehead atoms. The molecule has 0 radical (unpaired) electrons. The minimum absolute atomic E-state index is 0.115. The van der Waals surface area contributed by atoms with Crippen molar-refractivity contribution in [2.75, 3.05) is 7.11 Å². The molecule has 9 heteroatoms. The van der Waals surface area contributed by atoms with Gasteiger partial charge in [0, 0.05) is 35.8 Å². The second-order valence-corrected chi connectivity index (χ2v) is 10.7. The highest BCUT2D eigenvalue weighted by atomic mass is 19.1. The molecule has 7 nitrogen and oxygen atoms in total. The predicted octanol–water partition coefficient (Wildman–Crippen LogP) is 6.30. The molecule has 1 amide bonds. The van der Waals surface area contributed by atoms with Crippen molar-refractivity contribution >= 4 is 18.0 Å². The fourth-order valence-electron chi connectivity index (χ4n) is 5.11. The van der Waals surface area contributed by atoms with Crippen LogP contribution in [0.2, 0.25) is 0 Å². The maximum Gasteiger partial charge on any atom is 0.308 e. The molecule has 0 aliphatic rings. The topological polar surface area (TPSA) is 101 Å². The quantitative estimate of drug-likeness (QED) is 0.165. The number of rotatable bonds is 12. The van der Waals surface area contributed by atoms with E-state index in [-0.39, 0.29) is 37.2 Å². The minimum atomic E-state index is -1.12. The van der Waals surface area contributed by atoms with Gasteiger partial charge in [-0.3, -0.25) is 9.59 Å². The molecular formula is C35H36F2N2O5. The summed E-state index contributed by atoms with van der Waals surface area (Å²) in [6.45, 7) is 4.01. The zero-order chi connectivity index (χ0) is 31.8. The van der Waals surface area contributed by atoms with Crippen molar-refractivity contribution < 1.29 is 33.3 Å². The van der Waals surface area contributed by atoms with E-state index in [9.17, 15) is 28.6 Å². The molecular weight excluding hydrogens is 566 g/mol. The summed E-state index contributed by atoms with van der Waals surface area (Å²) in [7, 11) is 1.22. The van der Waals surface area contributed by atoms with E-state index >= 15 is 0 Å². The van der Waals surface area contributed by atoms with Crippen molar-refractivity contribution in [1.29, 1.82) is 0 Å². The smallest absolute Gasteiger partial charge is 0.308 e. The van der Waals surface area contributed by atoms with Crippen LogP contribution in [0.1, 0.15) is 54.5 Å². The van der Waals surface area contributed by atoms with Crippen LogP contribution in [0.4, 0.5) is 8.78 Å². The summed E-state index contributed by atoms with van der Waals surface area (Å²) < 4.78 is 34.0. The number of aliphatic hydroxyl groups is 2. The van der Waals surface area contributed by atoms with Gasteiger partial charge < -0.3 is 24.8 Å². The highest BCUT2D eigenvalue weighted by Crippen LogP contribution is 2.42. The maximum absolute atomic E-state index is 14.1. The second kappa shape index (κ2) is 14.7. The average molecular weight is 603 g/mol. The molecule has 0 fully saturated rings. The fraction of sp³-hybridized carbons (Fsp3) is 0.257. The highest BCUT2D eigenvalue weighted by Gasteiger charge is 2.29. The summed E-state index contributed by atoms with van der Waals surface area (Å²) >= 11 is 0. The molecule has 3 N–H and O–H groups in total. The van der Waals surface area contributed by atoms with Crippen LogP contribution >= 0.6 is 0 Å². The first-order chi connectivity index (χ1) is 21.1. The molecule has 4 rings (SSSR count). The number of aliphatic hydroxyl groups excluding tert-OH is 2. The number of amides is 1. The fourth-order valence-corrected chi connectivity index (χ4v) is 5.11. The molecule has 0 saturated heterocycles. The van der Waals surface area contributed by atoms with Gasteiger partial charge >= 0.3 is 5.97 Å². The SMILES string of the molecule is COC(=O)C[C@H](O)C[C@@H](O)C=Cc1c(-c2ccc(F)cc2)c(-c2ccccc2)c(C(=O)NCc2ccc(F)cc2)n1C(C)C. The Hall–Kier alpha value is -4.60. The first kappa shape index (κ1) is 32.3. The number of aromatic nitrogens is 1. The summed E-state index contributed by atoms with van der Waals surface area (Å²) in [5.41, 5.74) is 4.32. The number of nitrogens with zero attached hydrogens (tertiary/aromatic N) is 1. The average Bonchev–Trinajstić information content (AvgIpc) is 3.35. The Kier molecular flexibility index (Phi) is 10.8. The summed E-state index contributed by atoms with van der Waals surface area (Å²) in [6.07, 6.45) is 0.552. The van der Waals surface area contributed by atoms with E-state index in [1.165, 1.54) is 37.5 Å². The van der Waals surface area contributed by atoms with Gasteiger partial charge in [-0.15, -0.1) is 0 Å². The number of methoxy groups -OCH3 is 1. The van der Waals surface area contributed by atoms with Crippen LogP contribution in [0.25, 0.3) is 28.3 Å². The Balaban J connectivity index is 1.88. The number of hydrogen-bond donors (Lipinski definition) is 3. The molecule has 4 aromatic rings. The van der Waals surface area contributed by atoms with Crippen LogP contribution in [0.15, 0.2) is 84.9 Å². The number of ether oxygens (including phenoxy) is 1.